The van der Waals surface area contributed by atoms with Crippen LogP contribution in [0.25, 0.3) is 0 Å². The Bertz CT molecular complexity index is 1590. The molecule has 0 bridgehead atoms. The number of nitrogens with one attached hydrogen (secondary N) is 2. The van der Waals surface area contributed by atoms with E-state index in [4.69, 9.17) is 13.7 Å². The lowest BCUT2D eigenvalue weighted by molar-refractivity contribution is -0.385. The fraction of sp³-hybridized carbons (Fsp3) is 0.333. The van der Waals surface area contributed by atoms with Gasteiger partial charge in [0.2, 0.25) is 0 Å². The van der Waals surface area contributed by atoms with Crippen molar-refractivity contribution in [1.82, 2.24) is 25.4 Å². The number of alkyl carbamates (subject to hydrolysis) is 1. The topological polar surface area (TPSA) is 239 Å². The van der Waals surface area contributed by atoms with Gasteiger partial charge in [0.15, 0.2) is 5.82 Å². The number of non-ortho nitro benzene ring substituents is 2. The Hall–Kier alpha value is -5.17. The summed E-state index contributed by atoms with van der Waals surface area (Å²) in [6.45, 7) is -0.634. The standard InChI is InChI=1S/C24H25N7O11S/c1-43(38,39)42-19-10-20(29(12-19)24(33)41-14-16-4-8-18(9-5-16)31(36)37)22-26-21(27-28-22)11-25-23(32)40-13-15-2-6-17(7-3-15)30(34)35/h2-9,19-20H,10-14H2,1H3,(H,25,32)(H,26,27,28)/t19-,20+/m1/s1. The quantitative estimate of drug-likeness (QED) is 0.178. The van der Waals surface area contributed by atoms with Gasteiger partial charge in [0.05, 0.1) is 41.3 Å². The summed E-state index contributed by atoms with van der Waals surface area (Å²) in [7, 11) is -3.84. The van der Waals surface area contributed by atoms with Gasteiger partial charge < -0.3 is 14.8 Å². The summed E-state index contributed by atoms with van der Waals surface area (Å²) < 4.78 is 38.9. The normalized spacial score (nSPS) is 16.4. The third kappa shape index (κ3) is 8.66. The lowest BCUT2D eigenvalue weighted by Gasteiger charge is -2.22. The lowest BCUT2D eigenvalue weighted by atomic mass is 10.2. The summed E-state index contributed by atoms with van der Waals surface area (Å²) in [4.78, 5) is 51.1. The van der Waals surface area contributed by atoms with Crippen LogP contribution in [-0.4, -0.2) is 69.4 Å². The van der Waals surface area contributed by atoms with Crippen LogP contribution in [0.5, 0.6) is 0 Å². The van der Waals surface area contributed by atoms with Crippen molar-refractivity contribution >= 4 is 33.7 Å². The van der Waals surface area contributed by atoms with Crippen molar-refractivity contribution in [3.05, 3.63) is 91.5 Å². The number of nitro groups is 2. The van der Waals surface area contributed by atoms with Crippen LogP contribution in [0.15, 0.2) is 48.5 Å². The van der Waals surface area contributed by atoms with Gasteiger partial charge in [-0.1, -0.05) is 0 Å². The number of likely N-dealkylation sites (tertiary alicyclic amines) is 1. The number of nitrogens with zero attached hydrogens (tertiary/aromatic N) is 5. The number of hydrogen-bond acceptors (Lipinski definition) is 13. The Morgan fingerprint density at radius 2 is 1.56 bits per heavy atom. The SMILES string of the molecule is CS(=O)(=O)O[C@@H]1C[C@@H](c2nc(CNC(=O)OCc3ccc([N+](=O)[O-])cc3)n[nH]2)N(C(=O)OCc2ccc([N+](=O)[O-])cc2)C1. The number of nitro benzene ring substituents is 2. The molecule has 1 fully saturated rings. The maximum absolute atomic E-state index is 13.0. The lowest BCUT2D eigenvalue weighted by Crippen LogP contribution is -2.33. The first-order chi connectivity index (χ1) is 20.4. The summed E-state index contributed by atoms with van der Waals surface area (Å²) in [5.74, 6) is 0.317. The van der Waals surface area contributed by atoms with Crippen LogP contribution in [0.1, 0.15) is 35.2 Å². The minimum Gasteiger partial charge on any atom is -0.445 e. The molecule has 1 aliphatic rings. The number of H-pyrrole nitrogens is 1. The molecule has 0 spiro atoms. The zero-order valence-electron chi connectivity index (χ0n) is 22.4. The minimum absolute atomic E-state index is 0.0407. The van der Waals surface area contributed by atoms with E-state index < -0.39 is 44.3 Å². The van der Waals surface area contributed by atoms with Crippen molar-refractivity contribution < 1.29 is 41.5 Å². The number of aromatic nitrogens is 3. The summed E-state index contributed by atoms with van der Waals surface area (Å²) >= 11 is 0. The van der Waals surface area contributed by atoms with E-state index in [0.29, 0.717) is 11.1 Å². The maximum Gasteiger partial charge on any atom is 0.410 e. The Morgan fingerprint density at radius 3 is 2.09 bits per heavy atom. The molecule has 2 atom stereocenters. The highest BCUT2D eigenvalue weighted by Crippen LogP contribution is 2.33. The van der Waals surface area contributed by atoms with Gasteiger partial charge in [-0.05, 0) is 35.4 Å². The van der Waals surface area contributed by atoms with Crippen LogP contribution in [0.3, 0.4) is 0 Å². The van der Waals surface area contributed by atoms with Crippen molar-refractivity contribution in [3.8, 4) is 0 Å². The Balaban J connectivity index is 1.35. The Labute approximate surface area is 243 Å². The molecule has 228 valence electrons. The van der Waals surface area contributed by atoms with E-state index in [-0.39, 0.29) is 55.7 Å². The van der Waals surface area contributed by atoms with Gasteiger partial charge in [-0.15, -0.1) is 0 Å². The molecule has 1 saturated heterocycles. The van der Waals surface area contributed by atoms with E-state index in [9.17, 15) is 38.2 Å². The second-order valence-corrected chi connectivity index (χ2v) is 10.9. The first-order valence-corrected chi connectivity index (χ1v) is 14.3. The monoisotopic (exact) mass is 619 g/mol. The van der Waals surface area contributed by atoms with Gasteiger partial charge in [-0.25, -0.2) is 14.6 Å². The second-order valence-electron chi connectivity index (χ2n) is 9.29. The second kappa shape index (κ2) is 13.2. The predicted octanol–water partition coefficient (Wildman–Crippen LogP) is 2.48. The van der Waals surface area contributed by atoms with Gasteiger partial charge >= 0.3 is 12.2 Å². The van der Waals surface area contributed by atoms with Crippen molar-refractivity contribution in [3.63, 3.8) is 0 Å². The molecule has 3 aromatic rings. The van der Waals surface area contributed by atoms with E-state index in [1.165, 1.54) is 53.4 Å². The number of rotatable bonds is 11. The number of ether oxygens (including phenoxy) is 2. The van der Waals surface area contributed by atoms with Crippen molar-refractivity contribution in [2.45, 2.75) is 38.3 Å². The Kier molecular flexibility index (Phi) is 9.46. The van der Waals surface area contributed by atoms with Crippen LogP contribution in [-0.2, 0) is 43.5 Å². The molecule has 2 heterocycles. The average Bonchev–Trinajstić information content (AvgIpc) is 3.60. The van der Waals surface area contributed by atoms with Gasteiger partial charge in [0, 0.05) is 30.7 Å². The first-order valence-electron chi connectivity index (χ1n) is 12.5. The average molecular weight is 620 g/mol. The molecular weight excluding hydrogens is 594 g/mol. The molecule has 2 aromatic carbocycles. The molecule has 0 aliphatic carbocycles. The molecule has 2 amide bonds. The predicted molar refractivity (Wildman–Crippen MR) is 144 cm³/mol. The smallest absolute Gasteiger partial charge is 0.410 e. The first kappa shape index (κ1) is 30.8. The highest BCUT2D eigenvalue weighted by atomic mass is 32.2. The van der Waals surface area contributed by atoms with Crippen LogP contribution in [0.4, 0.5) is 21.0 Å². The number of aromatic amines is 1. The fourth-order valence-electron chi connectivity index (χ4n) is 4.12. The molecular formula is C24H25N7O11S. The Morgan fingerprint density at radius 1 is 1.00 bits per heavy atom. The molecule has 1 aliphatic heterocycles. The van der Waals surface area contributed by atoms with Crippen LogP contribution < -0.4 is 5.32 Å². The third-order valence-electron chi connectivity index (χ3n) is 6.09. The van der Waals surface area contributed by atoms with E-state index in [1.54, 1.807) is 0 Å². The van der Waals surface area contributed by atoms with Crippen LogP contribution in [0.2, 0.25) is 0 Å². The van der Waals surface area contributed by atoms with E-state index in [2.05, 4.69) is 20.5 Å². The van der Waals surface area contributed by atoms with Crippen LogP contribution >= 0.6 is 0 Å². The van der Waals surface area contributed by atoms with E-state index >= 15 is 0 Å². The summed E-state index contributed by atoms with van der Waals surface area (Å²) in [6.07, 6.45) is -1.58. The summed E-state index contributed by atoms with van der Waals surface area (Å²) in [5, 5.41) is 30.7. The molecule has 18 nitrogen and oxygen atoms in total. The molecule has 0 saturated carbocycles. The molecule has 1 aromatic heterocycles. The zero-order valence-corrected chi connectivity index (χ0v) is 23.3. The molecule has 0 unspecified atom stereocenters. The van der Waals surface area contributed by atoms with Crippen molar-refractivity contribution in [1.29, 1.82) is 0 Å². The van der Waals surface area contributed by atoms with Crippen molar-refractivity contribution in [2.24, 2.45) is 0 Å². The molecule has 43 heavy (non-hydrogen) atoms. The molecule has 4 rings (SSSR count). The van der Waals surface area contributed by atoms with Crippen molar-refractivity contribution in [2.75, 3.05) is 12.8 Å². The maximum atomic E-state index is 13.0. The zero-order chi connectivity index (χ0) is 31.1. The van der Waals surface area contributed by atoms with E-state index in [1.807, 2.05) is 0 Å². The van der Waals surface area contributed by atoms with Gasteiger partial charge in [0.1, 0.15) is 19.0 Å². The fourth-order valence-corrected chi connectivity index (χ4v) is 4.75. The molecule has 19 heteroatoms. The van der Waals surface area contributed by atoms with E-state index in [0.717, 1.165) is 6.26 Å². The number of benzene rings is 2. The third-order valence-corrected chi connectivity index (χ3v) is 6.71. The van der Waals surface area contributed by atoms with Gasteiger partial charge in [-0.3, -0.25) is 34.4 Å². The molecule has 0 radical (unpaired) electrons. The largest absolute Gasteiger partial charge is 0.445 e. The van der Waals surface area contributed by atoms with Crippen LogP contribution in [0, 0.1) is 20.2 Å². The molecule has 2 N–H and O–H groups in total. The number of carbonyl (C=O) groups excluding carboxylic acids is 2. The highest BCUT2D eigenvalue weighted by molar-refractivity contribution is 7.86. The number of amides is 2. The number of carbonyl (C=O) groups is 2. The van der Waals surface area contributed by atoms with Gasteiger partial charge in [-0.2, -0.15) is 13.5 Å². The number of hydrogen-bond donors (Lipinski definition) is 2. The minimum atomic E-state index is -3.84. The summed E-state index contributed by atoms with van der Waals surface area (Å²) in [5.41, 5.74) is 0.811. The highest BCUT2D eigenvalue weighted by Gasteiger charge is 2.41. The van der Waals surface area contributed by atoms with Gasteiger partial charge in [0.25, 0.3) is 21.5 Å². The summed E-state index contributed by atoms with van der Waals surface area (Å²) in [6, 6.07) is 10.1.